The van der Waals surface area contributed by atoms with Crippen LogP contribution in [-0.4, -0.2) is 10.5 Å². The number of para-hydroxylation sites is 1. The summed E-state index contributed by atoms with van der Waals surface area (Å²) in [6.45, 7) is 1.75. The third-order valence-corrected chi connectivity index (χ3v) is 2.70. The van der Waals surface area contributed by atoms with E-state index in [1.54, 1.807) is 30.7 Å². The van der Waals surface area contributed by atoms with Gasteiger partial charge >= 0.3 is 0 Å². The largest absolute Gasteiger partial charge is 0.366 e. The molecule has 1 heterocycles. The summed E-state index contributed by atoms with van der Waals surface area (Å²) in [6, 6.07) is 4.64. The van der Waals surface area contributed by atoms with Crippen molar-refractivity contribution in [1.29, 1.82) is 0 Å². The third kappa shape index (κ3) is 1.21. The van der Waals surface area contributed by atoms with Crippen molar-refractivity contribution in [2.24, 2.45) is 12.8 Å². The molecule has 1 aromatic carbocycles. The predicted octanol–water partition coefficient (Wildman–Crippen LogP) is 1.72. The van der Waals surface area contributed by atoms with Crippen LogP contribution >= 0.6 is 0 Å². The molecule has 0 saturated carbocycles. The van der Waals surface area contributed by atoms with Gasteiger partial charge in [0, 0.05) is 18.1 Å². The average molecular weight is 206 g/mol. The molecule has 0 aliphatic carbocycles. The lowest BCUT2D eigenvalue weighted by molar-refractivity contribution is 0.100. The van der Waals surface area contributed by atoms with Gasteiger partial charge in [0.05, 0.1) is 11.1 Å². The average Bonchev–Trinajstić information content (AvgIpc) is 2.41. The topological polar surface area (TPSA) is 48.0 Å². The number of amides is 1. The molecule has 2 rings (SSSR count). The third-order valence-electron chi connectivity index (χ3n) is 2.70. The van der Waals surface area contributed by atoms with Crippen LogP contribution in [-0.2, 0) is 7.05 Å². The maximum Gasteiger partial charge on any atom is 0.251 e. The lowest BCUT2D eigenvalue weighted by atomic mass is 10.1. The number of aromatic nitrogens is 1. The van der Waals surface area contributed by atoms with Crippen LogP contribution in [0.2, 0.25) is 0 Å². The second-order valence-electron chi connectivity index (χ2n) is 3.52. The van der Waals surface area contributed by atoms with Crippen LogP contribution < -0.4 is 5.73 Å². The lowest BCUT2D eigenvalue weighted by Gasteiger charge is -1.98. The van der Waals surface area contributed by atoms with Gasteiger partial charge in [-0.2, -0.15) is 0 Å². The van der Waals surface area contributed by atoms with Crippen molar-refractivity contribution in [3.63, 3.8) is 0 Å². The van der Waals surface area contributed by atoms with E-state index in [9.17, 15) is 9.18 Å². The minimum absolute atomic E-state index is 0.342. The lowest BCUT2D eigenvalue weighted by Crippen LogP contribution is -2.12. The first-order valence-electron chi connectivity index (χ1n) is 4.57. The summed E-state index contributed by atoms with van der Waals surface area (Å²) in [4.78, 5) is 11.2. The molecule has 0 spiro atoms. The van der Waals surface area contributed by atoms with Crippen molar-refractivity contribution >= 4 is 16.8 Å². The zero-order valence-electron chi connectivity index (χ0n) is 8.54. The Labute approximate surface area is 86.3 Å². The quantitative estimate of drug-likeness (QED) is 0.758. The summed E-state index contributed by atoms with van der Waals surface area (Å²) >= 11 is 0. The number of carbonyl (C=O) groups is 1. The normalized spacial score (nSPS) is 10.9. The summed E-state index contributed by atoms with van der Waals surface area (Å²) in [5, 5.41) is 0.572. The van der Waals surface area contributed by atoms with E-state index in [1.807, 2.05) is 0 Å². The number of carbonyl (C=O) groups excluding carboxylic acids is 1. The highest BCUT2D eigenvalue weighted by molar-refractivity contribution is 6.07. The van der Waals surface area contributed by atoms with Crippen LogP contribution in [0.1, 0.15) is 16.1 Å². The summed E-state index contributed by atoms with van der Waals surface area (Å²) in [5.41, 5.74) is 6.77. The SMILES string of the molecule is Cc1c(C(N)=O)c2cccc(F)c2n1C. The van der Waals surface area contributed by atoms with E-state index < -0.39 is 5.91 Å². The molecule has 0 saturated heterocycles. The Morgan fingerprint density at radius 2 is 2.13 bits per heavy atom. The summed E-state index contributed by atoms with van der Waals surface area (Å²) in [5.74, 6) is -0.866. The van der Waals surface area contributed by atoms with Gasteiger partial charge < -0.3 is 10.3 Å². The molecule has 1 aromatic heterocycles. The molecule has 1 amide bonds. The molecule has 0 bridgehead atoms. The van der Waals surface area contributed by atoms with Crippen LogP contribution in [0.15, 0.2) is 18.2 Å². The monoisotopic (exact) mass is 206 g/mol. The molecular formula is C11H11FN2O. The number of benzene rings is 1. The number of hydrogen-bond acceptors (Lipinski definition) is 1. The minimum Gasteiger partial charge on any atom is -0.366 e. The van der Waals surface area contributed by atoms with Gasteiger partial charge in [-0.1, -0.05) is 12.1 Å². The van der Waals surface area contributed by atoms with E-state index in [1.165, 1.54) is 6.07 Å². The Kier molecular flexibility index (Phi) is 2.00. The number of nitrogens with two attached hydrogens (primary N) is 1. The molecule has 0 unspecified atom stereocenters. The zero-order chi connectivity index (χ0) is 11.2. The maximum atomic E-state index is 13.5. The molecule has 0 fully saturated rings. The van der Waals surface area contributed by atoms with E-state index in [0.717, 1.165) is 0 Å². The second kappa shape index (κ2) is 3.08. The number of hydrogen-bond donors (Lipinski definition) is 1. The summed E-state index contributed by atoms with van der Waals surface area (Å²) in [6.07, 6.45) is 0. The highest BCUT2D eigenvalue weighted by Gasteiger charge is 2.17. The zero-order valence-corrected chi connectivity index (χ0v) is 8.54. The van der Waals surface area contributed by atoms with E-state index in [-0.39, 0.29) is 5.82 Å². The molecule has 78 valence electrons. The van der Waals surface area contributed by atoms with Gasteiger partial charge in [0.1, 0.15) is 5.82 Å². The van der Waals surface area contributed by atoms with Gasteiger partial charge in [-0.05, 0) is 13.0 Å². The Bertz CT molecular complexity index is 557. The molecule has 3 nitrogen and oxygen atoms in total. The summed E-state index contributed by atoms with van der Waals surface area (Å²) < 4.78 is 15.2. The van der Waals surface area contributed by atoms with E-state index in [2.05, 4.69) is 0 Å². The molecule has 15 heavy (non-hydrogen) atoms. The van der Waals surface area contributed by atoms with Crippen LogP contribution in [0.4, 0.5) is 4.39 Å². The molecular weight excluding hydrogens is 195 g/mol. The highest BCUT2D eigenvalue weighted by Crippen LogP contribution is 2.26. The van der Waals surface area contributed by atoms with Gasteiger partial charge in [0.25, 0.3) is 5.91 Å². The van der Waals surface area contributed by atoms with Crippen molar-refractivity contribution in [2.75, 3.05) is 0 Å². The van der Waals surface area contributed by atoms with Crippen molar-refractivity contribution in [3.05, 3.63) is 35.3 Å². The van der Waals surface area contributed by atoms with Crippen molar-refractivity contribution in [2.45, 2.75) is 6.92 Å². The maximum absolute atomic E-state index is 13.5. The standard InChI is InChI=1S/C11H11FN2O/c1-6-9(11(13)15)7-4-3-5-8(12)10(7)14(6)2/h3-5H,1-2H3,(H2,13,15). The van der Waals surface area contributed by atoms with Gasteiger partial charge in [0.2, 0.25) is 0 Å². The first kappa shape index (κ1) is 9.71. The van der Waals surface area contributed by atoms with E-state index >= 15 is 0 Å². The molecule has 2 N–H and O–H groups in total. The Balaban J connectivity index is 3.00. The Morgan fingerprint density at radius 1 is 1.47 bits per heavy atom. The number of primary amides is 1. The predicted molar refractivity (Wildman–Crippen MR) is 56.1 cm³/mol. The first-order chi connectivity index (χ1) is 7.04. The minimum atomic E-state index is -0.524. The van der Waals surface area contributed by atoms with Gasteiger partial charge in [-0.25, -0.2) is 4.39 Å². The number of fused-ring (bicyclic) bond motifs is 1. The van der Waals surface area contributed by atoms with Gasteiger partial charge in [-0.3, -0.25) is 4.79 Å². The van der Waals surface area contributed by atoms with Gasteiger partial charge in [0.15, 0.2) is 0 Å². The summed E-state index contributed by atoms with van der Waals surface area (Å²) in [7, 11) is 1.72. The van der Waals surface area contributed by atoms with Crippen LogP contribution in [0, 0.1) is 12.7 Å². The van der Waals surface area contributed by atoms with Crippen molar-refractivity contribution in [1.82, 2.24) is 4.57 Å². The second-order valence-corrected chi connectivity index (χ2v) is 3.52. The Morgan fingerprint density at radius 3 is 2.73 bits per heavy atom. The molecule has 4 heteroatoms. The highest BCUT2D eigenvalue weighted by atomic mass is 19.1. The van der Waals surface area contributed by atoms with Crippen LogP contribution in [0.3, 0.4) is 0 Å². The van der Waals surface area contributed by atoms with Crippen molar-refractivity contribution in [3.8, 4) is 0 Å². The molecule has 0 aliphatic heterocycles. The molecule has 2 aromatic rings. The molecule has 0 aliphatic rings. The van der Waals surface area contributed by atoms with E-state index in [4.69, 9.17) is 5.73 Å². The fraction of sp³-hybridized carbons (Fsp3) is 0.182. The molecule has 0 atom stereocenters. The van der Waals surface area contributed by atoms with Crippen LogP contribution in [0.5, 0.6) is 0 Å². The Hall–Kier alpha value is -1.84. The molecule has 0 radical (unpaired) electrons. The van der Waals surface area contributed by atoms with Crippen LogP contribution in [0.25, 0.3) is 10.9 Å². The number of nitrogens with zero attached hydrogens (tertiary/aromatic N) is 1. The van der Waals surface area contributed by atoms with Crippen molar-refractivity contribution < 1.29 is 9.18 Å². The van der Waals surface area contributed by atoms with E-state index in [0.29, 0.717) is 22.2 Å². The smallest absolute Gasteiger partial charge is 0.251 e. The number of aryl methyl sites for hydroxylation is 1. The fourth-order valence-corrected chi connectivity index (χ4v) is 1.90. The first-order valence-corrected chi connectivity index (χ1v) is 4.57. The number of rotatable bonds is 1. The fourth-order valence-electron chi connectivity index (χ4n) is 1.90. The number of halogens is 1. The van der Waals surface area contributed by atoms with Gasteiger partial charge in [-0.15, -0.1) is 0 Å².